The van der Waals surface area contributed by atoms with Gasteiger partial charge in [0.25, 0.3) is 0 Å². The number of carbonyl (C=O) groups is 1. The fourth-order valence-corrected chi connectivity index (χ4v) is 7.21. The normalized spacial score (nSPS) is 19.0. The zero-order valence-electron chi connectivity index (χ0n) is 15.0. The molecule has 0 saturated carbocycles. The van der Waals surface area contributed by atoms with E-state index in [2.05, 4.69) is 9.97 Å². The van der Waals surface area contributed by atoms with E-state index >= 15 is 0 Å². The van der Waals surface area contributed by atoms with E-state index in [9.17, 15) is 13.2 Å². The van der Waals surface area contributed by atoms with Crippen LogP contribution in [0.2, 0.25) is 0 Å². The molecule has 0 bridgehead atoms. The third kappa shape index (κ3) is 3.55. The Labute approximate surface area is 165 Å². The second-order valence-corrected chi connectivity index (χ2v) is 10.8. The smallest absolute Gasteiger partial charge is 0.174 e. The summed E-state index contributed by atoms with van der Waals surface area (Å²) >= 11 is 2.99. The molecule has 0 amide bonds. The van der Waals surface area contributed by atoms with Gasteiger partial charge in [0.1, 0.15) is 11.4 Å². The van der Waals surface area contributed by atoms with Crippen LogP contribution in [0.1, 0.15) is 34.2 Å². The highest BCUT2D eigenvalue weighted by molar-refractivity contribution is 8.00. The molecule has 1 aliphatic heterocycles. The highest BCUT2D eigenvalue weighted by Gasteiger charge is 2.31. The van der Waals surface area contributed by atoms with Crippen molar-refractivity contribution in [1.82, 2.24) is 14.5 Å². The van der Waals surface area contributed by atoms with Crippen LogP contribution in [-0.4, -0.2) is 46.0 Å². The third-order valence-electron chi connectivity index (χ3n) is 4.91. The molecule has 4 rings (SSSR count). The fraction of sp³-hybridized carbons (Fsp3) is 0.389. The van der Waals surface area contributed by atoms with Crippen molar-refractivity contribution in [2.24, 2.45) is 0 Å². The van der Waals surface area contributed by atoms with Crippen molar-refractivity contribution in [3.63, 3.8) is 0 Å². The number of thioether (sulfide) groups is 1. The maximum atomic E-state index is 12.8. The Kier molecular flexibility index (Phi) is 4.85. The summed E-state index contributed by atoms with van der Waals surface area (Å²) in [5, 5.41) is 2.79. The van der Waals surface area contributed by atoms with Crippen LogP contribution < -0.4 is 0 Å². The molecular formula is C18H19N3O3S3. The number of nitrogens with zero attached hydrogens (tertiary/aromatic N) is 3. The number of aryl methyl sites for hydroxylation is 1. The van der Waals surface area contributed by atoms with Crippen molar-refractivity contribution >= 4 is 48.9 Å². The Hall–Kier alpha value is -1.71. The number of sulfone groups is 1. The second kappa shape index (κ2) is 7.03. The van der Waals surface area contributed by atoms with Gasteiger partial charge in [0, 0.05) is 23.0 Å². The number of hydrogen-bond acceptors (Lipinski definition) is 7. The molecule has 4 heterocycles. The molecule has 0 spiro atoms. The van der Waals surface area contributed by atoms with Crippen molar-refractivity contribution in [2.45, 2.75) is 31.3 Å². The standard InChI is InChI=1S/C18H19N3O3S3/c1-11-7-14(12(2)21(11)13-4-6-27(23,24)9-13)16(22)8-26-18-17-15(3-5-25-17)19-10-20-18/h3,5,7,10,13H,4,6,8-9H2,1-2H3/t13-/m1/s1. The zero-order chi connectivity index (χ0) is 19.2. The van der Waals surface area contributed by atoms with E-state index in [1.807, 2.05) is 35.9 Å². The van der Waals surface area contributed by atoms with E-state index in [-0.39, 0.29) is 29.1 Å². The number of ketones is 1. The van der Waals surface area contributed by atoms with Crippen molar-refractivity contribution in [1.29, 1.82) is 0 Å². The van der Waals surface area contributed by atoms with Gasteiger partial charge in [-0.3, -0.25) is 4.79 Å². The van der Waals surface area contributed by atoms with Crippen LogP contribution >= 0.6 is 23.1 Å². The molecule has 0 N–H and O–H groups in total. The van der Waals surface area contributed by atoms with Gasteiger partial charge in [0.05, 0.1) is 27.5 Å². The number of thiophene rings is 1. The van der Waals surface area contributed by atoms with Gasteiger partial charge in [-0.15, -0.1) is 11.3 Å². The van der Waals surface area contributed by atoms with Crippen LogP contribution in [0.15, 0.2) is 28.9 Å². The predicted octanol–water partition coefficient (Wildman–Crippen LogP) is 3.44. The van der Waals surface area contributed by atoms with Crippen LogP contribution in [-0.2, 0) is 9.84 Å². The van der Waals surface area contributed by atoms with Gasteiger partial charge < -0.3 is 4.57 Å². The van der Waals surface area contributed by atoms with Gasteiger partial charge in [0.2, 0.25) is 0 Å². The van der Waals surface area contributed by atoms with E-state index in [1.165, 1.54) is 18.1 Å². The SMILES string of the molecule is Cc1cc(C(=O)CSc2ncnc3ccsc23)c(C)n1[C@@H]1CCS(=O)(=O)C1. The molecule has 0 aromatic carbocycles. The minimum Gasteiger partial charge on any atom is -0.344 e. The molecule has 6 nitrogen and oxygen atoms in total. The first-order valence-corrected chi connectivity index (χ1v) is 12.3. The lowest BCUT2D eigenvalue weighted by atomic mass is 10.2. The van der Waals surface area contributed by atoms with Gasteiger partial charge in [-0.05, 0) is 37.8 Å². The average molecular weight is 422 g/mol. The Bertz CT molecular complexity index is 1130. The van der Waals surface area contributed by atoms with Crippen molar-refractivity contribution in [3.8, 4) is 0 Å². The van der Waals surface area contributed by atoms with E-state index in [0.29, 0.717) is 12.0 Å². The van der Waals surface area contributed by atoms with Crippen molar-refractivity contribution in [3.05, 3.63) is 40.8 Å². The first-order chi connectivity index (χ1) is 12.9. The Morgan fingerprint density at radius 2 is 2.19 bits per heavy atom. The zero-order valence-corrected chi connectivity index (χ0v) is 17.5. The largest absolute Gasteiger partial charge is 0.344 e. The predicted molar refractivity (Wildman–Crippen MR) is 109 cm³/mol. The molecule has 1 aliphatic rings. The van der Waals surface area contributed by atoms with E-state index in [1.54, 1.807) is 11.3 Å². The van der Waals surface area contributed by atoms with Crippen molar-refractivity contribution in [2.75, 3.05) is 17.3 Å². The molecule has 3 aromatic heterocycles. The van der Waals surface area contributed by atoms with Crippen molar-refractivity contribution < 1.29 is 13.2 Å². The Balaban J connectivity index is 1.54. The summed E-state index contributed by atoms with van der Waals surface area (Å²) in [7, 11) is -2.97. The molecule has 0 radical (unpaired) electrons. The van der Waals surface area contributed by atoms with Gasteiger partial charge >= 0.3 is 0 Å². The van der Waals surface area contributed by atoms with Gasteiger partial charge in [0.15, 0.2) is 15.6 Å². The molecular weight excluding hydrogens is 402 g/mol. The topological polar surface area (TPSA) is 81.9 Å². The molecule has 0 aliphatic carbocycles. The van der Waals surface area contributed by atoms with Gasteiger partial charge in [-0.25, -0.2) is 18.4 Å². The maximum Gasteiger partial charge on any atom is 0.174 e. The third-order valence-corrected chi connectivity index (χ3v) is 8.69. The lowest BCUT2D eigenvalue weighted by Crippen LogP contribution is -2.14. The van der Waals surface area contributed by atoms with Crippen LogP contribution in [0.4, 0.5) is 0 Å². The summed E-state index contributed by atoms with van der Waals surface area (Å²) in [4.78, 5) is 21.4. The molecule has 0 unspecified atom stereocenters. The lowest BCUT2D eigenvalue weighted by Gasteiger charge is -2.16. The minimum absolute atomic E-state index is 0.0310. The van der Waals surface area contributed by atoms with E-state index in [0.717, 1.165) is 26.6 Å². The molecule has 3 aromatic rings. The number of rotatable bonds is 5. The van der Waals surface area contributed by atoms with Crippen LogP contribution in [0.5, 0.6) is 0 Å². The first-order valence-electron chi connectivity index (χ1n) is 8.59. The van der Waals surface area contributed by atoms with E-state index < -0.39 is 9.84 Å². The second-order valence-electron chi connectivity index (χ2n) is 6.74. The number of aromatic nitrogens is 3. The Morgan fingerprint density at radius 3 is 2.93 bits per heavy atom. The average Bonchev–Trinajstić information content (AvgIpc) is 3.30. The first kappa shape index (κ1) is 18.6. The highest BCUT2D eigenvalue weighted by Crippen LogP contribution is 2.32. The Morgan fingerprint density at radius 1 is 1.37 bits per heavy atom. The quantitative estimate of drug-likeness (QED) is 0.357. The van der Waals surface area contributed by atoms with Crippen LogP contribution in [0.25, 0.3) is 10.2 Å². The van der Waals surface area contributed by atoms with E-state index in [4.69, 9.17) is 0 Å². The number of fused-ring (bicyclic) bond motifs is 1. The van der Waals surface area contributed by atoms with Crippen LogP contribution in [0.3, 0.4) is 0 Å². The fourth-order valence-electron chi connectivity index (χ4n) is 3.68. The summed E-state index contributed by atoms with van der Waals surface area (Å²) in [6.45, 7) is 3.83. The monoisotopic (exact) mass is 421 g/mol. The molecule has 9 heteroatoms. The molecule has 142 valence electrons. The maximum absolute atomic E-state index is 12.8. The molecule has 1 saturated heterocycles. The summed E-state index contributed by atoms with van der Waals surface area (Å²) in [5.41, 5.74) is 3.35. The van der Waals surface area contributed by atoms with Gasteiger partial charge in [-0.2, -0.15) is 0 Å². The van der Waals surface area contributed by atoms with Gasteiger partial charge in [-0.1, -0.05) is 11.8 Å². The molecule has 1 fully saturated rings. The summed E-state index contributed by atoms with van der Waals surface area (Å²) in [5.74, 6) is 0.696. The number of hydrogen-bond donors (Lipinski definition) is 0. The summed E-state index contributed by atoms with van der Waals surface area (Å²) in [6, 6.07) is 3.75. The summed E-state index contributed by atoms with van der Waals surface area (Å²) in [6.07, 6.45) is 2.13. The molecule has 1 atom stereocenters. The minimum atomic E-state index is -2.97. The summed E-state index contributed by atoms with van der Waals surface area (Å²) < 4.78 is 26.7. The number of carbonyl (C=O) groups excluding carboxylic acids is 1. The highest BCUT2D eigenvalue weighted by atomic mass is 32.2. The number of Topliss-reactive ketones (excluding diaryl/α,β-unsaturated/α-hetero) is 1. The molecule has 27 heavy (non-hydrogen) atoms. The van der Waals surface area contributed by atoms with Crippen LogP contribution in [0, 0.1) is 13.8 Å². The lowest BCUT2D eigenvalue weighted by molar-refractivity contribution is 0.102.